The molecule has 0 radical (unpaired) electrons. The van der Waals surface area contributed by atoms with Gasteiger partial charge in [-0.25, -0.2) is 9.59 Å². The Labute approximate surface area is 125 Å². The van der Waals surface area contributed by atoms with Crippen LogP contribution in [0.1, 0.15) is 27.2 Å². The standard InChI is InChI=1S/C14H24N2O5/c1-5-7-15-14(19)16-12(17)9-21-13(18)11(4)20-8-6-10(2)3/h5,10-11H,1,6-9H2,2-4H3,(H2,15,16,17,19). The highest BCUT2D eigenvalue weighted by Crippen LogP contribution is 2.02. The van der Waals surface area contributed by atoms with Gasteiger partial charge in [0.25, 0.3) is 5.91 Å². The summed E-state index contributed by atoms with van der Waals surface area (Å²) in [6.07, 6.45) is 1.56. The highest BCUT2D eigenvalue weighted by molar-refractivity contribution is 5.95. The Bertz CT molecular complexity index is 368. The highest BCUT2D eigenvalue weighted by atomic mass is 16.6. The predicted molar refractivity (Wildman–Crippen MR) is 77.6 cm³/mol. The normalized spacial score (nSPS) is 11.6. The molecule has 0 aliphatic rings. The van der Waals surface area contributed by atoms with Gasteiger partial charge in [-0.3, -0.25) is 10.1 Å². The molecule has 0 heterocycles. The molecule has 0 aromatic carbocycles. The fourth-order valence-electron chi connectivity index (χ4n) is 1.17. The van der Waals surface area contributed by atoms with E-state index < -0.39 is 30.6 Å². The monoisotopic (exact) mass is 300 g/mol. The number of ether oxygens (including phenoxy) is 2. The first-order valence-electron chi connectivity index (χ1n) is 6.83. The van der Waals surface area contributed by atoms with Crippen LogP contribution in [-0.2, 0) is 19.1 Å². The van der Waals surface area contributed by atoms with Crippen LogP contribution in [0, 0.1) is 5.92 Å². The van der Waals surface area contributed by atoms with Crippen molar-refractivity contribution >= 4 is 17.9 Å². The zero-order valence-electron chi connectivity index (χ0n) is 12.8. The number of urea groups is 1. The van der Waals surface area contributed by atoms with Crippen LogP contribution in [0.15, 0.2) is 12.7 Å². The first-order chi connectivity index (χ1) is 9.86. The molecule has 0 aliphatic carbocycles. The van der Waals surface area contributed by atoms with E-state index in [2.05, 4.69) is 11.9 Å². The molecule has 3 amide bonds. The second-order valence-corrected chi connectivity index (χ2v) is 4.85. The van der Waals surface area contributed by atoms with Crippen LogP contribution in [0.2, 0.25) is 0 Å². The molecule has 1 atom stereocenters. The molecular weight excluding hydrogens is 276 g/mol. The lowest BCUT2D eigenvalue weighted by Crippen LogP contribution is -2.41. The molecular formula is C14H24N2O5. The molecule has 120 valence electrons. The Balaban J connectivity index is 3.87. The molecule has 7 nitrogen and oxygen atoms in total. The van der Waals surface area contributed by atoms with E-state index in [9.17, 15) is 14.4 Å². The molecule has 0 bridgehead atoms. The van der Waals surface area contributed by atoms with Crippen molar-refractivity contribution in [2.75, 3.05) is 19.8 Å². The number of rotatable bonds is 9. The van der Waals surface area contributed by atoms with Crippen LogP contribution in [0.3, 0.4) is 0 Å². The van der Waals surface area contributed by atoms with Crippen molar-refractivity contribution in [3.05, 3.63) is 12.7 Å². The maximum Gasteiger partial charge on any atom is 0.335 e. The molecule has 7 heteroatoms. The molecule has 0 aromatic rings. The highest BCUT2D eigenvalue weighted by Gasteiger charge is 2.17. The number of nitrogens with one attached hydrogen (secondary N) is 2. The van der Waals surface area contributed by atoms with Gasteiger partial charge in [0.05, 0.1) is 0 Å². The van der Waals surface area contributed by atoms with E-state index in [4.69, 9.17) is 9.47 Å². The number of carbonyl (C=O) groups excluding carboxylic acids is 3. The van der Waals surface area contributed by atoms with Gasteiger partial charge in [-0.05, 0) is 19.3 Å². The van der Waals surface area contributed by atoms with Crippen LogP contribution in [0.25, 0.3) is 0 Å². The topological polar surface area (TPSA) is 93.7 Å². The van der Waals surface area contributed by atoms with Crippen molar-refractivity contribution in [2.45, 2.75) is 33.3 Å². The molecule has 0 fully saturated rings. The summed E-state index contributed by atoms with van der Waals surface area (Å²) >= 11 is 0. The zero-order chi connectivity index (χ0) is 16.3. The molecule has 21 heavy (non-hydrogen) atoms. The SMILES string of the molecule is C=CCNC(=O)NC(=O)COC(=O)C(C)OCCC(C)C. The summed E-state index contributed by atoms with van der Waals surface area (Å²) in [5.74, 6) is -0.868. The fourth-order valence-corrected chi connectivity index (χ4v) is 1.17. The number of imide groups is 1. The maximum absolute atomic E-state index is 11.5. The van der Waals surface area contributed by atoms with Crippen LogP contribution in [0.5, 0.6) is 0 Å². The quantitative estimate of drug-likeness (QED) is 0.489. The molecule has 1 unspecified atom stereocenters. The second-order valence-electron chi connectivity index (χ2n) is 4.85. The summed E-state index contributed by atoms with van der Waals surface area (Å²) < 4.78 is 10.0. The van der Waals surface area contributed by atoms with Crippen LogP contribution >= 0.6 is 0 Å². The minimum atomic E-state index is -0.744. The van der Waals surface area contributed by atoms with Crippen LogP contribution in [-0.4, -0.2) is 43.8 Å². The van der Waals surface area contributed by atoms with Crippen LogP contribution < -0.4 is 10.6 Å². The van der Waals surface area contributed by atoms with Gasteiger partial charge in [0.1, 0.15) is 0 Å². The van der Waals surface area contributed by atoms with Crippen LogP contribution in [0.4, 0.5) is 4.79 Å². The third kappa shape index (κ3) is 10.5. The molecule has 0 aliphatic heterocycles. The van der Waals surface area contributed by atoms with Crippen molar-refractivity contribution in [1.82, 2.24) is 10.6 Å². The van der Waals surface area contributed by atoms with Crippen molar-refractivity contribution in [1.29, 1.82) is 0 Å². The van der Waals surface area contributed by atoms with Gasteiger partial charge >= 0.3 is 12.0 Å². The van der Waals surface area contributed by atoms with E-state index in [1.807, 2.05) is 19.2 Å². The lowest BCUT2D eigenvalue weighted by molar-refractivity contribution is -0.159. The lowest BCUT2D eigenvalue weighted by atomic mass is 10.1. The number of hydrogen-bond donors (Lipinski definition) is 2. The van der Waals surface area contributed by atoms with E-state index in [1.165, 1.54) is 6.08 Å². The molecule has 0 rings (SSSR count). The van der Waals surface area contributed by atoms with Crippen molar-refractivity contribution in [3.63, 3.8) is 0 Å². The zero-order valence-corrected chi connectivity index (χ0v) is 12.8. The maximum atomic E-state index is 11.5. The van der Waals surface area contributed by atoms with E-state index in [0.29, 0.717) is 12.5 Å². The minimum Gasteiger partial charge on any atom is -0.454 e. The summed E-state index contributed by atoms with van der Waals surface area (Å²) in [5, 5.41) is 4.37. The van der Waals surface area contributed by atoms with Gasteiger partial charge in [0, 0.05) is 13.2 Å². The predicted octanol–water partition coefficient (Wildman–Crippen LogP) is 0.993. The lowest BCUT2D eigenvalue weighted by Gasteiger charge is -2.13. The average Bonchev–Trinajstić information content (AvgIpc) is 2.41. The van der Waals surface area contributed by atoms with Crippen molar-refractivity contribution in [3.8, 4) is 0 Å². The van der Waals surface area contributed by atoms with E-state index >= 15 is 0 Å². The molecule has 0 spiro atoms. The molecule has 0 aromatic heterocycles. The van der Waals surface area contributed by atoms with Gasteiger partial charge in [-0.2, -0.15) is 0 Å². The van der Waals surface area contributed by atoms with Gasteiger partial charge < -0.3 is 14.8 Å². The van der Waals surface area contributed by atoms with Crippen molar-refractivity contribution < 1.29 is 23.9 Å². The Morgan fingerprint density at radius 1 is 1.24 bits per heavy atom. The Morgan fingerprint density at radius 2 is 1.90 bits per heavy atom. The van der Waals surface area contributed by atoms with Crippen molar-refractivity contribution in [2.24, 2.45) is 5.92 Å². The summed E-state index contributed by atoms with van der Waals surface area (Å²) in [6, 6.07) is -0.669. The van der Waals surface area contributed by atoms with Gasteiger partial charge in [0.2, 0.25) is 0 Å². The largest absolute Gasteiger partial charge is 0.454 e. The number of hydrogen-bond acceptors (Lipinski definition) is 5. The van der Waals surface area contributed by atoms with E-state index in [-0.39, 0.29) is 6.54 Å². The second kappa shape index (κ2) is 10.8. The molecule has 2 N–H and O–H groups in total. The third-order valence-electron chi connectivity index (χ3n) is 2.40. The van der Waals surface area contributed by atoms with Gasteiger partial charge in [0.15, 0.2) is 12.7 Å². The Kier molecular flexibility index (Phi) is 9.87. The van der Waals surface area contributed by atoms with E-state index in [1.54, 1.807) is 6.92 Å². The summed E-state index contributed by atoms with van der Waals surface area (Å²) in [6.45, 7) is 9.22. The first-order valence-corrected chi connectivity index (χ1v) is 6.83. The fraction of sp³-hybridized carbons (Fsp3) is 0.643. The number of amides is 3. The summed E-state index contributed by atoms with van der Waals surface area (Å²) in [4.78, 5) is 34.0. The molecule has 0 saturated heterocycles. The Hall–Kier alpha value is -1.89. The smallest absolute Gasteiger partial charge is 0.335 e. The van der Waals surface area contributed by atoms with Gasteiger partial charge in [-0.1, -0.05) is 19.9 Å². The molecule has 0 saturated carbocycles. The minimum absolute atomic E-state index is 0.236. The Morgan fingerprint density at radius 3 is 2.48 bits per heavy atom. The first kappa shape index (κ1) is 19.1. The van der Waals surface area contributed by atoms with E-state index in [0.717, 1.165) is 6.42 Å². The third-order valence-corrected chi connectivity index (χ3v) is 2.40. The van der Waals surface area contributed by atoms with Gasteiger partial charge in [-0.15, -0.1) is 6.58 Å². The number of carbonyl (C=O) groups is 3. The summed E-state index contributed by atoms with van der Waals surface area (Å²) in [7, 11) is 0. The number of esters is 1. The summed E-state index contributed by atoms with van der Waals surface area (Å²) in [5.41, 5.74) is 0. The average molecular weight is 300 g/mol.